The molecule has 7 heteroatoms. The number of carbonyl (C=O) groups excluding carboxylic acids is 3. The van der Waals surface area contributed by atoms with Crippen molar-refractivity contribution < 1.29 is 19.1 Å². The van der Waals surface area contributed by atoms with Gasteiger partial charge >= 0.3 is 5.97 Å². The number of ether oxygens (including phenoxy) is 1. The molecule has 28 heavy (non-hydrogen) atoms. The summed E-state index contributed by atoms with van der Waals surface area (Å²) in [6.45, 7) is 8.17. The lowest BCUT2D eigenvalue weighted by Gasteiger charge is -2.35. The minimum absolute atomic E-state index is 0.0756. The van der Waals surface area contributed by atoms with Crippen LogP contribution in [-0.2, 0) is 19.1 Å². The Kier molecular flexibility index (Phi) is 6.79. The van der Waals surface area contributed by atoms with Crippen LogP contribution < -0.4 is 5.32 Å². The maximum atomic E-state index is 12.4. The van der Waals surface area contributed by atoms with Gasteiger partial charge in [-0.1, -0.05) is 26.8 Å². The molecule has 1 saturated heterocycles. The van der Waals surface area contributed by atoms with Crippen molar-refractivity contribution in [2.24, 2.45) is 11.3 Å². The van der Waals surface area contributed by atoms with E-state index in [0.29, 0.717) is 37.2 Å². The Hall–Kier alpha value is -2.88. The monoisotopic (exact) mass is 385 g/mol. The largest absolute Gasteiger partial charge is 0.452 e. The van der Waals surface area contributed by atoms with E-state index < -0.39 is 23.4 Å². The Bertz CT molecular complexity index is 784. The molecule has 1 aliphatic heterocycles. The molecule has 150 valence electrons. The number of hydrogen-bond acceptors (Lipinski definition) is 5. The van der Waals surface area contributed by atoms with E-state index in [1.165, 1.54) is 6.92 Å². The predicted octanol–water partition coefficient (Wildman–Crippen LogP) is 2.71. The van der Waals surface area contributed by atoms with Crippen LogP contribution in [0.5, 0.6) is 0 Å². The van der Waals surface area contributed by atoms with Crippen LogP contribution in [0.4, 0.5) is 5.69 Å². The number of rotatable bonds is 4. The minimum atomic E-state index is -0.951. The summed E-state index contributed by atoms with van der Waals surface area (Å²) in [7, 11) is 0. The average molecular weight is 385 g/mol. The van der Waals surface area contributed by atoms with Crippen LogP contribution >= 0.6 is 0 Å². The summed E-state index contributed by atoms with van der Waals surface area (Å²) in [6, 6.07) is 8.51. The Morgan fingerprint density at radius 1 is 1.25 bits per heavy atom. The molecule has 1 unspecified atom stereocenters. The smallest absolute Gasteiger partial charge is 0.309 e. The molecule has 0 saturated carbocycles. The average Bonchev–Trinajstić information content (AvgIpc) is 2.66. The molecule has 1 aromatic rings. The summed E-state index contributed by atoms with van der Waals surface area (Å²) in [5.74, 6) is -1.12. The number of nitrogens with zero attached hydrogens (tertiary/aromatic N) is 2. The Labute approximate surface area is 165 Å². The molecule has 0 aromatic heterocycles. The summed E-state index contributed by atoms with van der Waals surface area (Å²) in [5.41, 5.74) is 0.461. The molecular weight excluding hydrogens is 358 g/mol. The van der Waals surface area contributed by atoms with Crippen LogP contribution in [0.3, 0.4) is 0 Å². The van der Waals surface area contributed by atoms with Crippen LogP contribution in [0, 0.1) is 22.7 Å². The van der Waals surface area contributed by atoms with E-state index in [1.807, 2.05) is 26.8 Å². The van der Waals surface area contributed by atoms with E-state index in [4.69, 9.17) is 10.00 Å². The third kappa shape index (κ3) is 5.56. The molecule has 2 rings (SSSR count). The van der Waals surface area contributed by atoms with Gasteiger partial charge in [0.25, 0.3) is 5.91 Å². The fourth-order valence-electron chi connectivity index (χ4n) is 3.03. The normalized spacial score (nSPS) is 16.0. The van der Waals surface area contributed by atoms with Gasteiger partial charge in [0, 0.05) is 24.2 Å². The summed E-state index contributed by atoms with van der Waals surface area (Å²) in [5, 5.41) is 11.6. The van der Waals surface area contributed by atoms with Crippen molar-refractivity contribution in [3.05, 3.63) is 29.8 Å². The molecule has 0 radical (unpaired) electrons. The molecule has 7 nitrogen and oxygen atoms in total. The number of carbonyl (C=O) groups is 3. The minimum Gasteiger partial charge on any atom is -0.452 e. The van der Waals surface area contributed by atoms with Crippen LogP contribution in [0.15, 0.2) is 24.3 Å². The van der Waals surface area contributed by atoms with Gasteiger partial charge in [0.15, 0.2) is 6.10 Å². The number of likely N-dealkylation sites (tertiary alicyclic amines) is 1. The first kappa shape index (κ1) is 21.4. The summed E-state index contributed by atoms with van der Waals surface area (Å²) in [4.78, 5) is 38.7. The number of piperidine rings is 1. The van der Waals surface area contributed by atoms with E-state index >= 15 is 0 Å². The van der Waals surface area contributed by atoms with Crippen molar-refractivity contribution in [3.63, 3.8) is 0 Å². The zero-order valence-electron chi connectivity index (χ0n) is 16.8. The highest BCUT2D eigenvalue weighted by Crippen LogP contribution is 2.24. The highest BCUT2D eigenvalue weighted by Gasteiger charge is 2.33. The first-order valence-corrected chi connectivity index (χ1v) is 9.42. The van der Waals surface area contributed by atoms with E-state index in [0.717, 1.165) is 0 Å². The van der Waals surface area contributed by atoms with E-state index in [-0.39, 0.29) is 11.8 Å². The standard InChI is InChI=1S/C21H27N3O4/c1-14(18(25)23-17-7-5-6-15(12-17)13-22)28-19(26)16-8-10-24(11-9-16)20(27)21(2,3)4/h5-7,12,14,16H,8-11H2,1-4H3,(H,23,25). The summed E-state index contributed by atoms with van der Waals surface area (Å²) in [6.07, 6.45) is 0.103. The lowest BCUT2D eigenvalue weighted by molar-refractivity contribution is -0.160. The van der Waals surface area contributed by atoms with Crippen molar-refractivity contribution in [2.75, 3.05) is 18.4 Å². The number of nitriles is 1. The predicted molar refractivity (Wildman–Crippen MR) is 104 cm³/mol. The zero-order chi connectivity index (χ0) is 20.9. The molecule has 1 aliphatic rings. The molecule has 1 aromatic carbocycles. The van der Waals surface area contributed by atoms with Gasteiger partial charge < -0.3 is 15.0 Å². The fraction of sp³-hybridized carbons (Fsp3) is 0.524. The van der Waals surface area contributed by atoms with Crippen LogP contribution in [0.25, 0.3) is 0 Å². The second-order valence-corrected chi connectivity index (χ2v) is 8.08. The number of amides is 2. The number of hydrogen-bond donors (Lipinski definition) is 1. The van der Waals surface area contributed by atoms with Crippen molar-refractivity contribution in [1.82, 2.24) is 4.90 Å². The molecule has 1 atom stereocenters. The Morgan fingerprint density at radius 3 is 2.46 bits per heavy atom. The van der Waals surface area contributed by atoms with E-state index in [9.17, 15) is 14.4 Å². The lowest BCUT2D eigenvalue weighted by Crippen LogP contribution is -2.45. The number of anilines is 1. The van der Waals surface area contributed by atoms with Gasteiger partial charge in [-0.3, -0.25) is 14.4 Å². The quantitative estimate of drug-likeness (QED) is 0.804. The van der Waals surface area contributed by atoms with Crippen molar-refractivity contribution in [3.8, 4) is 6.07 Å². The van der Waals surface area contributed by atoms with Gasteiger partial charge in [-0.15, -0.1) is 0 Å². The maximum absolute atomic E-state index is 12.4. The third-order valence-corrected chi connectivity index (χ3v) is 4.68. The summed E-state index contributed by atoms with van der Waals surface area (Å²) >= 11 is 0. The van der Waals surface area contributed by atoms with Gasteiger partial charge in [0.2, 0.25) is 5.91 Å². The fourth-order valence-corrected chi connectivity index (χ4v) is 3.03. The summed E-state index contributed by atoms with van der Waals surface area (Å²) < 4.78 is 5.32. The van der Waals surface area contributed by atoms with Gasteiger partial charge in [-0.2, -0.15) is 5.26 Å². The van der Waals surface area contributed by atoms with Crippen LogP contribution in [-0.4, -0.2) is 41.9 Å². The second-order valence-electron chi connectivity index (χ2n) is 8.08. The van der Waals surface area contributed by atoms with Crippen molar-refractivity contribution in [1.29, 1.82) is 5.26 Å². The Balaban J connectivity index is 1.85. The van der Waals surface area contributed by atoms with Crippen LogP contribution in [0.1, 0.15) is 46.1 Å². The molecule has 1 heterocycles. The molecule has 0 bridgehead atoms. The van der Waals surface area contributed by atoms with Crippen LogP contribution in [0.2, 0.25) is 0 Å². The molecule has 1 N–H and O–H groups in total. The van der Waals surface area contributed by atoms with Gasteiger partial charge in [0.1, 0.15) is 0 Å². The van der Waals surface area contributed by atoms with Gasteiger partial charge in [-0.25, -0.2) is 0 Å². The highest BCUT2D eigenvalue weighted by molar-refractivity contribution is 5.95. The van der Waals surface area contributed by atoms with E-state index in [2.05, 4.69) is 5.32 Å². The first-order valence-electron chi connectivity index (χ1n) is 9.42. The molecule has 2 amide bonds. The van der Waals surface area contributed by atoms with Crippen molar-refractivity contribution in [2.45, 2.75) is 46.6 Å². The molecular formula is C21H27N3O4. The molecule has 0 spiro atoms. The molecule has 1 fully saturated rings. The lowest BCUT2D eigenvalue weighted by atomic mass is 9.91. The van der Waals surface area contributed by atoms with E-state index in [1.54, 1.807) is 29.2 Å². The van der Waals surface area contributed by atoms with Crippen molar-refractivity contribution >= 4 is 23.5 Å². The SMILES string of the molecule is CC(OC(=O)C1CCN(C(=O)C(C)(C)C)CC1)C(=O)Nc1cccc(C#N)c1. The second kappa shape index (κ2) is 8.87. The number of nitrogens with one attached hydrogen (secondary N) is 1. The number of benzene rings is 1. The van der Waals surface area contributed by atoms with Gasteiger partial charge in [0.05, 0.1) is 17.6 Å². The Morgan fingerprint density at radius 2 is 1.89 bits per heavy atom. The maximum Gasteiger partial charge on any atom is 0.309 e. The van der Waals surface area contributed by atoms with Gasteiger partial charge in [-0.05, 0) is 38.0 Å². The highest BCUT2D eigenvalue weighted by atomic mass is 16.5. The topological polar surface area (TPSA) is 99.5 Å². The first-order chi connectivity index (χ1) is 13.1. The number of esters is 1. The molecule has 0 aliphatic carbocycles. The third-order valence-electron chi connectivity index (χ3n) is 4.68. The zero-order valence-corrected chi connectivity index (χ0v) is 16.8.